The average molecular weight is 263 g/mol. The molecule has 4 heteroatoms. The van der Waals surface area contributed by atoms with Crippen LogP contribution in [0.15, 0.2) is 24.3 Å². The second-order valence-corrected chi connectivity index (χ2v) is 4.80. The predicted octanol–water partition coefficient (Wildman–Crippen LogP) is 1.73. The lowest BCUT2D eigenvalue weighted by Gasteiger charge is -2.16. The summed E-state index contributed by atoms with van der Waals surface area (Å²) in [7, 11) is 3.91. The maximum absolute atomic E-state index is 11.9. The topological polar surface area (TPSA) is 44.4 Å². The molecule has 0 aliphatic carbocycles. The molecule has 0 aliphatic heterocycles. The van der Waals surface area contributed by atoms with Crippen molar-refractivity contribution in [3.8, 4) is 0 Å². The van der Waals surface area contributed by atoms with Crippen LogP contribution < -0.4 is 10.6 Å². The Morgan fingerprint density at radius 3 is 2.84 bits per heavy atom. The molecule has 0 heterocycles. The normalized spacial score (nSPS) is 10.7. The Morgan fingerprint density at radius 1 is 1.37 bits per heavy atom. The van der Waals surface area contributed by atoms with Crippen LogP contribution in [0.3, 0.4) is 0 Å². The Morgan fingerprint density at radius 2 is 2.16 bits per heavy atom. The Bertz CT molecular complexity index is 393. The number of likely N-dealkylation sites (N-methyl/N-ethyl adjacent to an activating group) is 1. The Labute approximate surface area is 116 Å². The maximum atomic E-state index is 11.9. The summed E-state index contributed by atoms with van der Waals surface area (Å²) >= 11 is 0. The van der Waals surface area contributed by atoms with E-state index in [1.165, 1.54) is 5.56 Å². The van der Waals surface area contributed by atoms with Gasteiger partial charge < -0.3 is 10.6 Å². The molecule has 0 atom stereocenters. The number of amides is 1. The van der Waals surface area contributed by atoms with Gasteiger partial charge in [0.15, 0.2) is 0 Å². The summed E-state index contributed by atoms with van der Waals surface area (Å²) in [6.07, 6.45) is 2.03. The van der Waals surface area contributed by atoms with Crippen molar-refractivity contribution in [3.05, 3.63) is 29.8 Å². The summed E-state index contributed by atoms with van der Waals surface area (Å²) in [6.45, 7) is 4.43. The van der Waals surface area contributed by atoms with Crippen LogP contribution in [0.5, 0.6) is 0 Å². The van der Waals surface area contributed by atoms with Crippen LogP contribution >= 0.6 is 0 Å². The first-order valence-corrected chi connectivity index (χ1v) is 6.87. The van der Waals surface area contributed by atoms with Gasteiger partial charge in [-0.15, -0.1) is 0 Å². The number of carbonyl (C=O) groups is 1. The number of rotatable bonds is 8. The van der Waals surface area contributed by atoms with Gasteiger partial charge in [0, 0.05) is 5.69 Å². The Balaban J connectivity index is 2.37. The third kappa shape index (κ3) is 6.36. The quantitative estimate of drug-likeness (QED) is 0.702. The number of aryl methyl sites for hydroxylation is 1. The highest BCUT2D eigenvalue weighted by Gasteiger charge is 2.06. The molecule has 19 heavy (non-hydrogen) atoms. The fourth-order valence-electron chi connectivity index (χ4n) is 1.92. The van der Waals surface area contributed by atoms with Crippen molar-refractivity contribution in [3.63, 3.8) is 0 Å². The molecule has 0 radical (unpaired) electrons. The van der Waals surface area contributed by atoms with Crippen molar-refractivity contribution in [2.45, 2.75) is 19.8 Å². The zero-order valence-corrected chi connectivity index (χ0v) is 12.2. The van der Waals surface area contributed by atoms with E-state index in [1.807, 2.05) is 37.2 Å². The lowest BCUT2D eigenvalue weighted by molar-refractivity contribution is -0.117. The molecule has 0 fully saturated rings. The van der Waals surface area contributed by atoms with Crippen molar-refractivity contribution in [2.75, 3.05) is 39.0 Å². The van der Waals surface area contributed by atoms with Gasteiger partial charge in [0.1, 0.15) is 0 Å². The minimum atomic E-state index is 0.0419. The minimum absolute atomic E-state index is 0.0419. The number of benzene rings is 1. The summed E-state index contributed by atoms with van der Waals surface area (Å²) < 4.78 is 0. The molecule has 0 aromatic heterocycles. The van der Waals surface area contributed by atoms with E-state index in [0.29, 0.717) is 6.54 Å². The number of hydrogen-bond acceptors (Lipinski definition) is 3. The largest absolute Gasteiger partial charge is 0.325 e. The van der Waals surface area contributed by atoms with E-state index in [0.717, 1.165) is 31.6 Å². The van der Waals surface area contributed by atoms with Gasteiger partial charge in [-0.25, -0.2) is 0 Å². The van der Waals surface area contributed by atoms with Gasteiger partial charge in [0.25, 0.3) is 0 Å². The van der Waals surface area contributed by atoms with E-state index in [2.05, 4.69) is 23.6 Å². The van der Waals surface area contributed by atoms with Crippen LogP contribution in [-0.2, 0) is 11.2 Å². The number of anilines is 1. The summed E-state index contributed by atoms with van der Waals surface area (Å²) in [5, 5.41) is 6.04. The van der Waals surface area contributed by atoms with Crippen LogP contribution in [0.4, 0.5) is 5.69 Å². The SMILES string of the molecule is CCc1cccc(NC(=O)CN(C)CCCNC)c1. The van der Waals surface area contributed by atoms with Crippen LogP contribution in [0.2, 0.25) is 0 Å². The third-order valence-electron chi connectivity index (χ3n) is 3.00. The molecule has 0 unspecified atom stereocenters. The van der Waals surface area contributed by atoms with Gasteiger partial charge in [-0.2, -0.15) is 0 Å². The smallest absolute Gasteiger partial charge is 0.238 e. The van der Waals surface area contributed by atoms with Crippen molar-refractivity contribution >= 4 is 11.6 Å². The number of hydrogen-bond donors (Lipinski definition) is 2. The van der Waals surface area contributed by atoms with E-state index >= 15 is 0 Å². The number of nitrogens with zero attached hydrogens (tertiary/aromatic N) is 1. The summed E-state index contributed by atoms with van der Waals surface area (Å²) in [6, 6.07) is 8.00. The first kappa shape index (κ1) is 15.7. The molecule has 1 aromatic rings. The van der Waals surface area contributed by atoms with E-state index in [-0.39, 0.29) is 5.91 Å². The van der Waals surface area contributed by atoms with E-state index in [1.54, 1.807) is 0 Å². The maximum Gasteiger partial charge on any atom is 0.238 e. The third-order valence-corrected chi connectivity index (χ3v) is 3.00. The molecule has 0 saturated heterocycles. The molecule has 0 bridgehead atoms. The first-order valence-electron chi connectivity index (χ1n) is 6.87. The second kappa shape index (κ2) is 8.67. The van der Waals surface area contributed by atoms with Gasteiger partial charge >= 0.3 is 0 Å². The molecule has 1 aromatic carbocycles. The fraction of sp³-hybridized carbons (Fsp3) is 0.533. The lowest BCUT2D eigenvalue weighted by Crippen LogP contribution is -2.31. The lowest BCUT2D eigenvalue weighted by atomic mass is 10.1. The zero-order chi connectivity index (χ0) is 14.1. The molecular formula is C15H25N3O. The summed E-state index contributed by atoms with van der Waals surface area (Å²) in [4.78, 5) is 13.9. The fourth-order valence-corrected chi connectivity index (χ4v) is 1.92. The van der Waals surface area contributed by atoms with Crippen LogP contribution in [0.1, 0.15) is 18.9 Å². The van der Waals surface area contributed by atoms with Crippen LogP contribution in [0.25, 0.3) is 0 Å². The molecule has 1 rings (SSSR count). The van der Waals surface area contributed by atoms with Gasteiger partial charge in [-0.3, -0.25) is 9.69 Å². The predicted molar refractivity (Wildman–Crippen MR) is 80.5 cm³/mol. The van der Waals surface area contributed by atoms with Crippen molar-refractivity contribution in [1.82, 2.24) is 10.2 Å². The van der Waals surface area contributed by atoms with E-state index < -0.39 is 0 Å². The highest BCUT2D eigenvalue weighted by molar-refractivity contribution is 5.92. The van der Waals surface area contributed by atoms with Crippen LogP contribution in [0, 0.1) is 0 Å². The highest BCUT2D eigenvalue weighted by atomic mass is 16.2. The zero-order valence-electron chi connectivity index (χ0n) is 12.2. The standard InChI is InChI=1S/C15H25N3O/c1-4-13-7-5-8-14(11-13)17-15(19)12-18(3)10-6-9-16-2/h5,7-8,11,16H,4,6,9-10,12H2,1-3H3,(H,17,19). The molecule has 4 nitrogen and oxygen atoms in total. The first-order chi connectivity index (χ1) is 9.15. The summed E-state index contributed by atoms with van der Waals surface area (Å²) in [5.41, 5.74) is 2.12. The monoisotopic (exact) mass is 263 g/mol. The molecule has 106 valence electrons. The van der Waals surface area contributed by atoms with Crippen molar-refractivity contribution in [1.29, 1.82) is 0 Å². The molecule has 0 spiro atoms. The van der Waals surface area contributed by atoms with Gasteiger partial charge in [0.05, 0.1) is 6.54 Å². The van der Waals surface area contributed by atoms with Gasteiger partial charge in [0.2, 0.25) is 5.91 Å². The van der Waals surface area contributed by atoms with Crippen molar-refractivity contribution < 1.29 is 4.79 Å². The molecule has 0 saturated carbocycles. The van der Waals surface area contributed by atoms with Crippen molar-refractivity contribution in [2.24, 2.45) is 0 Å². The number of nitrogens with one attached hydrogen (secondary N) is 2. The van der Waals surface area contributed by atoms with Gasteiger partial charge in [-0.05, 0) is 57.7 Å². The molecular weight excluding hydrogens is 238 g/mol. The van der Waals surface area contributed by atoms with Gasteiger partial charge in [-0.1, -0.05) is 19.1 Å². The van der Waals surface area contributed by atoms with Crippen LogP contribution in [-0.4, -0.2) is 44.5 Å². The van der Waals surface area contributed by atoms with E-state index in [4.69, 9.17) is 0 Å². The molecule has 0 aliphatic rings. The number of carbonyl (C=O) groups excluding carboxylic acids is 1. The van der Waals surface area contributed by atoms with E-state index in [9.17, 15) is 4.79 Å². The second-order valence-electron chi connectivity index (χ2n) is 4.80. The Hall–Kier alpha value is -1.39. The minimum Gasteiger partial charge on any atom is -0.325 e. The molecule has 2 N–H and O–H groups in total. The Kier molecular flexibility index (Phi) is 7.15. The summed E-state index contributed by atoms with van der Waals surface area (Å²) in [5.74, 6) is 0.0419. The molecule has 1 amide bonds. The average Bonchev–Trinajstić information content (AvgIpc) is 2.39. The highest BCUT2D eigenvalue weighted by Crippen LogP contribution is 2.10.